The quantitative estimate of drug-likeness (QED) is 0.429. The number of aromatic nitrogens is 2. The first-order valence-electron chi connectivity index (χ1n) is 10.8. The Morgan fingerprint density at radius 1 is 0.939 bits per heavy atom. The number of carbonyl (C=O) groups is 2. The Bertz CT molecular complexity index is 1230. The number of para-hydroxylation sites is 3. The Morgan fingerprint density at radius 3 is 2.36 bits per heavy atom. The highest BCUT2D eigenvalue weighted by Gasteiger charge is 2.24. The van der Waals surface area contributed by atoms with E-state index in [0.717, 1.165) is 16.7 Å². The van der Waals surface area contributed by atoms with Crippen molar-refractivity contribution in [2.24, 2.45) is 5.92 Å². The molecule has 4 aromatic rings. The zero-order valence-corrected chi connectivity index (χ0v) is 18.6. The molecule has 0 aliphatic carbocycles. The fourth-order valence-electron chi connectivity index (χ4n) is 3.51. The van der Waals surface area contributed by atoms with Gasteiger partial charge in [-0.3, -0.25) is 14.2 Å². The van der Waals surface area contributed by atoms with Crippen molar-refractivity contribution in [1.29, 1.82) is 0 Å². The summed E-state index contributed by atoms with van der Waals surface area (Å²) in [4.78, 5) is 29.6. The lowest BCUT2D eigenvalue weighted by Crippen LogP contribution is -2.48. The van der Waals surface area contributed by atoms with E-state index in [4.69, 9.17) is 4.74 Å². The van der Waals surface area contributed by atoms with Crippen LogP contribution in [0.2, 0.25) is 0 Å². The summed E-state index contributed by atoms with van der Waals surface area (Å²) in [6.07, 6.45) is 1.78. The van der Waals surface area contributed by atoms with E-state index in [0.29, 0.717) is 11.4 Å². The lowest BCUT2D eigenvalue weighted by Gasteiger charge is -2.22. The number of benzene rings is 3. The average Bonchev–Trinajstić information content (AvgIpc) is 3.26. The molecule has 0 saturated carbocycles. The summed E-state index contributed by atoms with van der Waals surface area (Å²) in [5.41, 5.74) is 3.51. The van der Waals surface area contributed by atoms with Gasteiger partial charge in [0.25, 0.3) is 5.91 Å². The summed E-state index contributed by atoms with van der Waals surface area (Å²) in [5.74, 6) is -0.125. The van der Waals surface area contributed by atoms with Crippen molar-refractivity contribution in [3.63, 3.8) is 0 Å². The Kier molecular flexibility index (Phi) is 6.69. The van der Waals surface area contributed by atoms with Crippen LogP contribution in [0.25, 0.3) is 16.7 Å². The molecule has 0 radical (unpaired) electrons. The molecule has 2 amide bonds. The molecule has 0 aliphatic rings. The van der Waals surface area contributed by atoms with E-state index in [9.17, 15) is 9.59 Å². The van der Waals surface area contributed by atoms with Gasteiger partial charge in [0.05, 0.1) is 11.0 Å². The third-order valence-corrected chi connectivity index (χ3v) is 5.25. The Labute approximate surface area is 192 Å². The number of hydrogen-bond donors (Lipinski definition) is 2. The van der Waals surface area contributed by atoms with Crippen LogP contribution in [-0.4, -0.2) is 34.0 Å². The van der Waals surface area contributed by atoms with Crippen LogP contribution in [-0.2, 0) is 9.59 Å². The molecule has 0 bridgehead atoms. The molecule has 168 valence electrons. The monoisotopic (exact) mass is 442 g/mol. The van der Waals surface area contributed by atoms with Crippen molar-refractivity contribution in [3.05, 3.63) is 85.2 Å². The predicted octanol–water partition coefficient (Wildman–Crippen LogP) is 4.18. The Morgan fingerprint density at radius 2 is 1.64 bits per heavy atom. The van der Waals surface area contributed by atoms with Crippen LogP contribution in [0.1, 0.15) is 13.8 Å². The summed E-state index contributed by atoms with van der Waals surface area (Å²) in [6, 6.07) is 23.8. The average molecular weight is 443 g/mol. The van der Waals surface area contributed by atoms with Crippen LogP contribution < -0.4 is 15.4 Å². The highest BCUT2D eigenvalue weighted by molar-refractivity contribution is 5.97. The van der Waals surface area contributed by atoms with Gasteiger partial charge in [0.2, 0.25) is 5.91 Å². The smallest absolute Gasteiger partial charge is 0.258 e. The number of amides is 2. The van der Waals surface area contributed by atoms with Gasteiger partial charge in [0.15, 0.2) is 6.61 Å². The van der Waals surface area contributed by atoms with E-state index in [1.54, 1.807) is 18.5 Å². The molecule has 1 heterocycles. The van der Waals surface area contributed by atoms with Crippen LogP contribution in [0.5, 0.6) is 5.75 Å². The first-order valence-corrected chi connectivity index (χ1v) is 10.8. The molecule has 4 rings (SSSR count). The van der Waals surface area contributed by atoms with Crippen molar-refractivity contribution in [3.8, 4) is 11.4 Å². The van der Waals surface area contributed by atoms with E-state index in [1.807, 2.05) is 85.1 Å². The number of anilines is 1. The van der Waals surface area contributed by atoms with Gasteiger partial charge in [-0.2, -0.15) is 0 Å². The minimum Gasteiger partial charge on any atom is -0.484 e. The summed E-state index contributed by atoms with van der Waals surface area (Å²) in [5, 5.41) is 5.67. The summed E-state index contributed by atoms with van der Waals surface area (Å²) >= 11 is 0. The Hall–Kier alpha value is -4.13. The molecule has 1 aromatic heterocycles. The van der Waals surface area contributed by atoms with Gasteiger partial charge in [0.1, 0.15) is 18.1 Å². The van der Waals surface area contributed by atoms with Gasteiger partial charge in [0, 0.05) is 11.4 Å². The Balaban J connectivity index is 1.38. The number of fused-ring (bicyclic) bond motifs is 1. The van der Waals surface area contributed by atoms with Gasteiger partial charge in [-0.25, -0.2) is 4.98 Å². The van der Waals surface area contributed by atoms with Gasteiger partial charge < -0.3 is 15.4 Å². The number of rotatable bonds is 8. The maximum atomic E-state index is 12.9. The van der Waals surface area contributed by atoms with E-state index >= 15 is 0 Å². The third-order valence-electron chi connectivity index (χ3n) is 5.25. The SMILES string of the molecule is CC(C)[C@H](NC(=O)COc1ccccc1)C(=O)Nc1ccc(-n2cnc3ccccc32)cc1. The number of imidazole rings is 1. The molecule has 7 heteroatoms. The molecule has 1 atom stereocenters. The van der Waals surface area contributed by atoms with Crippen molar-refractivity contribution in [2.45, 2.75) is 19.9 Å². The summed E-state index contributed by atoms with van der Waals surface area (Å²) in [7, 11) is 0. The second-order valence-corrected chi connectivity index (χ2v) is 8.03. The van der Waals surface area contributed by atoms with E-state index in [1.165, 1.54) is 0 Å². The highest BCUT2D eigenvalue weighted by Crippen LogP contribution is 2.20. The molecule has 33 heavy (non-hydrogen) atoms. The first-order chi connectivity index (χ1) is 16.0. The van der Waals surface area contributed by atoms with Gasteiger partial charge in [-0.05, 0) is 54.4 Å². The van der Waals surface area contributed by atoms with Crippen LogP contribution in [0.3, 0.4) is 0 Å². The zero-order valence-electron chi connectivity index (χ0n) is 18.6. The lowest BCUT2D eigenvalue weighted by molar-refractivity contribution is -0.128. The number of hydrogen-bond acceptors (Lipinski definition) is 4. The van der Waals surface area contributed by atoms with E-state index < -0.39 is 6.04 Å². The molecule has 0 spiro atoms. The number of carbonyl (C=O) groups excluding carboxylic acids is 2. The maximum Gasteiger partial charge on any atom is 0.258 e. The minimum atomic E-state index is -0.686. The normalized spacial score (nSPS) is 11.8. The molecule has 2 N–H and O–H groups in total. The lowest BCUT2D eigenvalue weighted by atomic mass is 10.0. The topological polar surface area (TPSA) is 85.2 Å². The highest BCUT2D eigenvalue weighted by atomic mass is 16.5. The second-order valence-electron chi connectivity index (χ2n) is 8.03. The number of ether oxygens (including phenoxy) is 1. The molecular formula is C26H26N4O3. The van der Waals surface area contributed by atoms with Gasteiger partial charge >= 0.3 is 0 Å². The standard InChI is InChI=1S/C26H26N4O3/c1-18(2)25(29-24(31)16-33-21-8-4-3-5-9-21)26(32)28-19-12-14-20(15-13-19)30-17-27-22-10-6-7-11-23(22)30/h3-15,17-18,25H,16H2,1-2H3,(H,28,32)(H,29,31)/t25-/m0/s1. The fraction of sp³-hybridized carbons (Fsp3) is 0.192. The summed E-state index contributed by atoms with van der Waals surface area (Å²) < 4.78 is 7.47. The van der Waals surface area contributed by atoms with Crippen molar-refractivity contribution in [1.82, 2.24) is 14.9 Å². The fourth-order valence-corrected chi connectivity index (χ4v) is 3.51. The van der Waals surface area contributed by atoms with Crippen molar-refractivity contribution in [2.75, 3.05) is 11.9 Å². The minimum absolute atomic E-state index is 0.0951. The zero-order chi connectivity index (χ0) is 23.2. The van der Waals surface area contributed by atoms with Crippen molar-refractivity contribution < 1.29 is 14.3 Å². The van der Waals surface area contributed by atoms with Crippen LogP contribution >= 0.6 is 0 Å². The molecule has 0 unspecified atom stereocenters. The largest absolute Gasteiger partial charge is 0.484 e. The molecule has 0 saturated heterocycles. The predicted molar refractivity (Wildman–Crippen MR) is 128 cm³/mol. The van der Waals surface area contributed by atoms with Gasteiger partial charge in [-0.1, -0.05) is 44.2 Å². The van der Waals surface area contributed by atoms with Crippen LogP contribution in [0.15, 0.2) is 85.2 Å². The second kappa shape index (κ2) is 9.99. The molecule has 7 nitrogen and oxygen atoms in total. The molecule has 3 aromatic carbocycles. The first kappa shape index (κ1) is 22.1. The number of nitrogens with zero attached hydrogens (tertiary/aromatic N) is 2. The third kappa shape index (κ3) is 5.38. The van der Waals surface area contributed by atoms with Gasteiger partial charge in [-0.15, -0.1) is 0 Å². The van der Waals surface area contributed by atoms with Crippen molar-refractivity contribution >= 4 is 28.5 Å². The molecule has 0 fully saturated rings. The molecular weight excluding hydrogens is 416 g/mol. The molecule has 0 aliphatic heterocycles. The number of nitrogens with one attached hydrogen (secondary N) is 2. The maximum absolute atomic E-state index is 12.9. The van der Waals surface area contributed by atoms with E-state index in [-0.39, 0.29) is 24.3 Å². The van der Waals surface area contributed by atoms with E-state index in [2.05, 4.69) is 15.6 Å². The van der Waals surface area contributed by atoms with Crippen LogP contribution in [0.4, 0.5) is 5.69 Å². The van der Waals surface area contributed by atoms with Crippen LogP contribution in [0, 0.1) is 5.92 Å². The summed E-state index contributed by atoms with van der Waals surface area (Å²) in [6.45, 7) is 3.61.